The number of rotatable bonds is 4. The number of hydrogen-bond donors (Lipinski definition) is 0. The fourth-order valence-electron chi connectivity index (χ4n) is 7.26. The predicted molar refractivity (Wildman–Crippen MR) is 184 cm³/mol. The van der Waals surface area contributed by atoms with Crippen LogP contribution in [0.15, 0.2) is 125 Å². The molecule has 5 heteroatoms. The second-order valence-corrected chi connectivity index (χ2v) is 13.1. The minimum absolute atomic E-state index is 0.277. The van der Waals surface area contributed by atoms with Gasteiger partial charge < -0.3 is 15.2 Å². The van der Waals surface area contributed by atoms with Crippen LogP contribution in [0.4, 0.5) is 5.69 Å². The average molecular weight is 588 g/mol. The topological polar surface area (TPSA) is 42.1 Å². The molecule has 0 saturated carbocycles. The Morgan fingerprint density at radius 3 is 2.55 bits per heavy atom. The van der Waals surface area contributed by atoms with E-state index in [0.29, 0.717) is 5.92 Å². The van der Waals surface area contributed by atoms with E-state index in [-0.39, 0.29) is 12.2 Å². The van der Waals surface area contributed by atoms with Crippen molar-refractivity contribution in [3.63, 3.8) is 0 Å². The number of allylic oxidation sites excluding steroid dienone is 5. The highest BCUT2D eigenvalue weighted by molar-refractivity contribution is 7.12. The summed E-state index contributed by atoms with van der Waals surface area (Å²) in [6.07, 6.45) is 20.3. The summed E-state index contributed by atoms with van der Waals surface area (Å²) in [7, 11) is 0. The highest BCUT2D eigenvalue weighted by Crippen LogP contribution is 2.54. The Hall–Kier alpha value is -4.74. The van der Waals surface area contributed by atoms with E-state index in [1.165, 1.54) is 37.8 Å². The van der Waals surface area contributed by atoms with Crippen LogP contribution < -0.4 is 4.90 Å². The Labute approximate surface area is 262 Å². The number of hydrogen-bond acceptors (Lipinski definition) is 4. The number of amidine groups is 2. The third-order valence-electron chi connectivity index (χ3n) is 9.33. The summed E-state index contributed by atoms with van der Waals surface area (Å²) in [5.41, 5.74) is 10.1. The number of fused-ring (bicyclic) bond motifs is 6. The van der Waals surface area contributed by atoms with Crippen LogP contribution in [0.25, 0.3) is 17.5 Å². The summed E-state index contributed by atoms with van der Waals surface area (Å²) in [6.45, 7) is 0. The Morgan fingerprint density at radius 2 is 1.66 bits per heavy atom. The molecular formula is C39H31N4S-. The smallest absolute Gasteiger partial charge is 0.0822 e. The van der Waals surface area contributed by atoms with Crippen LogP contribution in [0.3, 0.4) is 0 Å². The van der Waals surface area contributed by atoms with E-state index >= 15 is 0 Å². The summed E-state index contributed by atoms with van der Waals surface area (Å²) in [4.78, 5) is 15.7. The molecule has 0 radical (unpaired) electrons. The Morgan fingerprint density at radius 1 is 0.818 bits per heavy atom. The van der Waals surface area contributed by atoms with Gasteiger partial charge in [-0.1, -0.05) is 115 Å². The van der Waals surface area contributed by atoms with Gasteiger partial charge in [-0.3, -0.25) is 4.99 Å². The van der Waals surface area contributed by atoms with Crippen molar-refractivity contribution in [3.8, 4) is 0 Å². The molecular weight excluding hydrogens is 557 g/mol. The second kappa shape index (κ2) is 10.5. The highest BCUT2D eigenvalue weighted by Gasteiger charge is 2.40. The molecule has 0 amide bonds. The molecule has 44 heavy (non-hydrogen) atoms. The Bertz CT molecular complexity index is 1960. The molecule has 0 bridgehead atoms. The van der Waals surface area contributed by atoms with Gasteiger partial charge in [0.25, 0.3) is 0 Å². The van der Waals surface area contributed by atoms with Gasteiger partial charge in [-0.25, -0.2) is 0 Å². The summed E-state index contributed by atoms with van der Waals surface area (Å²) in [5, 5.41) is 5.13. The van der Waals surface area contributed by atoms with Crippen molar-refractivity contribution in [2.45, 2.75) is 43.8 Å². The fourth-order valence-corrected chi connectivity index (χ4v) is 8.66. The summed E-state index contributed by atoms with van der Waals surface area (Å²) in [6, 6.07) is 27.8. The number of aryl methyl sites for hydroxylation is 1. The van der Waals surface area contributed by atoms with Gasteiger partial charge in [0.2, 0.25) is 0 Å². The quantitative estimate of drug-likeness (QED) is 0.234. The molecule has 0 saturated heterocycles. The first-order valence-corrected chi connectivity index (χ1v) is 16.4. The van der Waals surface area contributed by atoms with Gasteiger partial charge in [-0.15, -0.1) is 11.3 Å². The number of thiophene rings is 1. The molecule has 3 unspecified atom stereocenters. The Balaban J connectivity index is 1.16. The second-order valence-electron chi connectivity index (χ2n) is 11.9. The lowest BCUT2D eigenvalue weighted by molar-refractivity contribution is 0.669. The van der Waals surface area contributed by atoms with Crippen LogP contribution in [-0.4, -0.2) is 11.7 Å². The minimum Gasteiger partial charge on any atom is -0.438 e. The highest BCUT2D eigenvalue weighted by atomic mass is 32.1. The van der Waals surface area contributed by atoms with E-state index in [0.717, 1.165) is 54.0 Å². The van der Waals surface area contributed by atoms with Gasteiger partial charge in [-0.2, -0.15) is 0 Å². The first kappa shape index (κ1) is 25.7. The normalized spacial score (nSPS) is 22.7. The van der Waals surface area contributed by atoms with Gasteiger partial charge in [0.05, 0.1) is 18.0 Å². The largest absolute Gasteiger partial charge is 0.438 e. The van der Waals surface area contributed by atoms with E-state index in [1.807, 2.05) is 35.6 Å². The van der Waals surface area contributed by atoms with E-state index in [4.69, 9.17) is 15.3 Å². The predicted octanol–water partition coefficient (Wildman–Crippen LogP) is 9.89. The van der Waals surface area contributed by atoms with E-state index in [9.17, 15) is 0 Å². The lowest BCUT2D eigenvalue weighted by Gasteiger charge is -2.35. The molecule has 3 aromatic carbocycles. The van der Waals surface area contributed by atoms with Crippen molar-refractivity contribution in [1.29, 1.82) is 0 Å². The van der Waals surface area contributed by atoms with Crippen LogP contribution >= 0.6 is 11.3 Å². The van der Waals surface area contributed by atoms with Crippen molar-refractivity contribution in [3.05, 3.63) is 163 Å². The zero-order valence-electron chi connectivity index (χ0n) is 24.3. The van der Waals surface area contributed by atoms with E-state index in [2.05, 4.69) is 102 Å². The first-order chi connectivity index (χ1) is 21.8. The van der Waals surface area contributed by atoms with Crippen molar-refractivity contribution >= 4 is 40.8 Å². The standard InChI is InChI=1S/C39H31N4S/c1-3-12-25(13-4-1)37-40-38(26-14-5-2-6-15-26)42-39(41-37)27-22-23-29-28-16-7-9-19-32(28)43(34(29)24-27)33-20-11-18-31-30-17-8-10-21-35(30)44-36(31)33/h1-9,11-15,17-19,22-24,28,33,37H,10,16,20-21H2/q-1. The van der Waals surface area contributed by atoms with Crippen LogP contribution in [0.2, 0.25) is 0 Å². The SMILES string of the molecule is C1=CCC2C(=C1)N(C1CC=Cc3c1sc1c3C=CCC1)c1cc(C3=NC(c4ccccc4)=NC(c4ccccc4)[N-]3)ccc12. The maximum atomic E-state index is 5.13. The monoisotopic (exact) mass is 587 g/mol. The zero-order valence-corrected chi connectivity index (χ0v) is 25.1. The molecule has 4 nitrogen and oxygen atoms in total. The van der Waals surface area contributed by atoms with Crippen molar-refractivity contribution < 1.29 is 0 Å². The molecule has 3 aliphatic carbocycles. The molecule has 4 aromatic rings. The number of nitrogens with zero attached hydrogens (tertiary/aromatic N) is 4. The van der Waals surface area contributed by atoms with Gasteiger partial charge in [0.15, 0.2) is 0 Å². The van der Waals surface area contributed by atoms with Crippen molar-refractivity contribution in [2.75, 3.05) is 4.90 Å². The maximum Gasteiger partial charge on any atom is 0.0822 e. The summed E-state index contributed by atoms with van der Waals surface area (Å²) < 4.78 is 0. The zero-order chi connectivity index (χ0) is 29.0. The van der Waals surface area contributed by atoms with E-state index in [1.54, 1.807) is 0 Å². The fraction of sp³-hybridized carbons (Fsp3) is 0.179. The molecule has 0 spiro atoms. The third-order valence-corrected chi connectivity index (χ3v) is 10.7. The van der Waals surface area contributed by atoms with Crippen molar-refractivity contribution in [1.82, 2.24) is 0 Å². The molecule has 0 N–H and O–H groups in total. The maximum absolute atomic E-state index is 5.13. The molecule has 2 aliphatic heterocycles. The van der Waals surface area contributed by atoms with Gasteiger partial charge in [-0.05, 0) is 71.2 Å². The number of benzene rings is 3. The molecule has 5 aliphatic rings. The molecule has 9 rings (SSSR count). The first-order valence-electron chi connectivity index (χ1n) is 15.6. The minimum atomic E-state index is -0.339. The van der Waals surface area contributed by atoms with E-state index < -0.39 is 0 Å². The third kappa shape index (κ3) is 4.18. The van der Waals surface area contributed by atoms with Crippen molar-refractivity contribution in [2.24, 2.45) is 9.98 Å². The molecule has 3 atom stereocenters. The molecule has 0 fully saturated rings. The van der Waals surface area contributed by atoms with Gasteiger partial charge in [0, 0.05) is 27.1 Å². The van der Waals surface area contributed by atoms with Gasteiger partial charge >= 0.3 is 0 Å². The number of anilines is 1. The van der Waals surface area contributed by atoms with Crippen LogP contribution in [0.1, 0.15) is 80.5 Å². The average Bonchev–Trinajstić information content (AvgIpc) is 3.64. The molecule has 214 valence electrons. The Kier molecular flexibility index (Phi) is 6.12. The van der Waals surface area contributed by atoms with Gasteiger partial charge in [0.1, 0.15) is 0 Å². The summed E-state index contributed by atoms with van der Waals surface area (Å²) in [5.74, 6) is 1.83. The number of aliphatic imine (C=N–C) groups is 2. The van der Waals surface area contributed by atoms with Crippen LogP contribution in [0.5, 0.6) is 0 Å². The molecule has 1 aromatic heterocycles. The lowest BCUT2D eigenvalue weighted by Crippen LogP contribution is -2.27. The summed E-state index contributed by atoms with van der Waals surface area (Å²) >= 11 is 2.03. The molecule has 3 heterocycles. The lowest BCUT2D eigenvalue weighted by atomic mass is 9.91. The van der Waals surface area contributed by atoms with Crippen LogP contribution in [0, 0.1) is 0 Å². The van der Waals surface area contributed by atoms with Crippen LogP contribution in [-0.2, 0) is 6.42 Å².